The van der Waals surface area contributed by atoms with Gasteiger partial charge in [0.05, 0.1) is 5.56 Å². The van der Waals surface area contributed by atoms with Crippen LogP contribution in [0.25, 0.3) is 10.9 Å². The summed E-state index contributed by atoms with van der Waals surface area (Å²) in [6, 6.07) is 13.8. The molecule has 1 amide bonds. The molecule has 1 unspecified atom stereocenters. The van der Waals surface area contributed by atoms with Crippen LogP contribution in [-0.4, -0.2) is 34.0 Å². The van der Waals surface area contributed by atoms with Gasteiger partial charge in [0.2, 0.25) is 0 Å². The second kappa shape index (κ2) is 7.97. The van der Waals surface area contributed by atoms with E-state index in [0.29, 0.717) is 30.1 Å². The van der Waals surface area contributed by atoms with Crippen LogP contribution in [0.1, 0.15) is 35.2 Å². The largest absolute Gasteiger partial charge is 0.505 e. The van der Waals surface area contributed by atoms with Gasteiger partial charge in [-0.15, -0.1) is 0 Å². The van der Waals surface area contributed by atoms with E-state index in [1.165, 1.54) is 12.1 Å². The summed E-state index contributed by atoms with van der Waals surface area (Å²) in [5, 5.41) is 11.4. The Balaban J connectivity index is 1.44. The number of halogens is 1. The monoisotopic (exact) mass is 378 g/mol. The maximum absolute atomic E-state index is 13.0. The first-order chi connectivity index (χ1) is 13.6. The van der Waals surface area contributed by atoms with Crippen LogP contribution in [0.5, 0.6) is 5.75 Å². The third kappa shape index (κ3) is 3.84. The Bertz CT molecular complexity index is 988. The SMILES string of the molecule is O=C(c1ccc2cccnc2c1O)N1CCCC(CCc2ccc(F)cc2)C1. The van der Waals surface area contributed by atoms with Gasteiger partial charge in [0, 0.05) is 24.7 Å². The zero-order valence-electron chi connectivity index (χ0n) is 15.6. The molecule has 28 heavy (non-hydrogen) atoms. The minimum absolute atomic E-state index is 0.0449. The highest BCUT2D eigenvalue weighted by Crippen LogP contribution is 2.30. The summed E-state index contributed by atoms with van der Waals surface area (Å²) >= 11 is 0. The standard InChI is InChI=1S/C23H23FN2O2/c24-19-10-7-16(8-11-19)5-6-17-3-2-14-26(15-17)23(28)20-12-9-18-4-1-13-25-21(18)22(20)27/h1,4,7-13,17,27H,2-3,5-6,14-15H2. The van der Waals surface area contributed by atoms with Gasteiger partial charge in [-0.25, -0.2) is 4.39 Å². The van der Waals surface area contributed by atoms with E-state index in [1.54, 1.807) is 18.3 Å². The lowest BCUT2D eigenvalue weighted by Gasteiger charge is -2.33. The lowest BCUT2D eigenvalue weighted by atomic mass is 9.91. The van der Waals surface area contributed by atoms with Crippen molar-refractivity contribution >= 4 is 16.8 Å². The van der Waals surface area contributed by atoms with E-state index in [2.05, 4.69) is 4.98 Å². The van der Waals surface area contributed by atoms with Crippen molar-refractivity contribution < 1.29 is 14.3 Å². The van der Waals surface area contributed by atoms with Crippen LogP contribution in [0, 0.1) is 11.7 Å². The highest BCUT2D eigenvalue weighted by atomic mass is 19.1. The van der Waals surface area contributed by atoms with Crippen molar-refractivity contribution in [2.45, 2.75) is 25.7 Å². The average Bonchev–Trinajstić information content (AvgIpc) is 2.74. The summed E-state index contributed by atoms with van der Waals surface area (Å²) in [5.74, 6) is -0.000538. The highest BCUT2D eigenvalue weighted by molar-refractivity contribution is 6.02. The fourth-order valence-electron chi connectivity index (χ4n) is 3.98. The number of likely N-dealkylation sites (tertiary alicyclic amines) is 1. The van der Waals surface area contributed by atoms with E-state index >= 15 is 0 Å². The molecule has 1 aromatic heterocycles. The van der Waals surface area contributed by atoms with Crippen LogP contribution >= 0.6 is 0 Å². The number of carbonyl (C=O) groups excluding carboxylic acids is 1. The Morgan fingerprint density at radius 2 is 2.00 bits per heavy atom. The molecule has 1 fully saturated rings. The smallest absolute Gasteiger partial charge is 0.257 e. The van der Waals surface area contributed by atoms with Crippen LogP contribution in [0.3, 0.4) is 0 Å². The lowest BCUT2D eigenvalue weighted by molar-refractivity contribution is 0.0665. The normalized spacial score (nSPS) is 17.0. The van der Waals surface area contributed by atoms with Gasteiger partial charge in [-0.1, -0.05) is 24.3 Å². The number of benzene rings is 2. The summed E-state index contributed by atoms with van der Waals surface area (Å²) < 4.78 is 13.0. The molecule has 1 aliphatic heterocycles. The van der Waals surface area contributed by atoms with E-state index < -0.39 is 0 Å². The Kier molecular flexibility index (Phi) is 5.24. The topological polar surface area (TPSA) is 53.4 Å². The zero-order chi connectivity index (χ0) is 19.5. The van der Waals surface area contributed by atoms with Gasteiger partial charge >= 0.3 is 0 Å². The van der Waals surface area contributed by atoms with Crippen molar-refractivity contribution in [1.82, 2.24) is 9.88 Å². The van der Waals surface area contributed by atoms with E-state index in [-0.39, 0.29) is 17.5 Å². The molecule has 1 saturated heterocycles. The Morgan fingerprint density at radius 3 is 2.82 bits per heavy atom. The molecule has 4 rings (SSSR count). The second-order valence-electron chi connectivity index (χ2n) is 7.46. The van der Waals surface area contributed by atoms with Crippen molar-refractivity contribution in [3.05, 3.63) is 71.7 Å². The first-order valence-electron chi connectivity index (χ1n) is 9.72. The second-order valence-corrected chi connectivity index (χ2v) is 7.46. The van der Waals surface area contributed by atoms with Crippen molar-refractivity contribution in [2.24, 2.45) is 5.92 Å². The quantitative estimate of drug-likeness (QED) is 0.724. The number of phenols is 1. The molecule has 1 aliphatic rings. The molecular weight excluding hydrogens is 355 g/mol. The first-order valence-corrected chi connectivity index (χ1v) is 9.72. The van der Waals surface area contributed by atoms with Gasteiger partial charge in [0.15, 0.2) is 5.75 Å². The van der Waals surface area contributed by atoms with Gasteiger partial charge in [-0.05, 0) is 61.4 Å². The van der Waals surface area contributed by atoms with E-state index in [1.807, 2.05) is 29.2 Å². The molecular formula is C23H23FN2O2. The number of amides is 1. The predicted octanol–water partition coefficient (Wildman–Crippen LogP) is 4.56. The highest BCUT2D eigenvalue weighted by Gasteiger charge is 2.26. The molecule has 5 heteroatoms. The van der Waals surface area contributed by atoms with E-state index in [4.69, 9.17) is 0 Å². The third-order valence-electron chi connectivity index (χ3n) is 5.54. The Hall–Kier alpha value is -2.95. The third-order valence-corrected chi connectivity index (χ3v) is 5.54. The molecule has 2 heterocycles. The predicted molar refractivity (Wildman–Crippen MR) is 107 cm³/mol. The molecule has 144 valence electrons. The number of carbonyl (C=O) groups is 1. The molecule has 3 aromatic rings. The summed E-state index contributed by atoms with van der Waals surface area (Å²) in [4.78, 5) is 19.1. The van der Waals surface area contributed by atoms with Crippen LogP contribution < -0.4 is 0 Å². The molecule has 4 nitrogen and oxygen atoms in total. The molecule has 1 N–H and O–H groups in total. The number of hydrogen-bond acceptors (Lipinski definition) is 3. The maximum Gasteiger partial charge on any atom is 0.257 e. The molecule has 0 saturated carbocycles. The van der Waals surface area contributed by atoms with Crippen molar-refractivity contribution in [1.29, 1.82) is 0 Å². The summed E-state index contributed by atoms with van der Waals surface area (Å²) in [6.07, 6.45) is 5.48. The number of nitrogens with zero attached hydrogens (tertiary/aromatic N) is 2. The minimum atomic E-state index is -0.220. The van der Waals surface area contributed by atoms with E-state index in [0.717, 1.165) is 36.6 Å². The molecule has 0 spiro atoms. The fraction of sp³-hybridized carbons (Fsp3) is 0.304. The van der Waals surface area contributed by atoms with Gasteiger partial charge in [0.25, 0.3) is 5.91 Å². The molecule has 0 bridgehead atoms. The summed E-state index contributed by atoms with van der Waals surface area (Å²) in [7, 11) is 0. The van der Waals surface area contributed by atoms with Gasteiger partial charge in [-0.2, -0.15) is 0 Å². The number of piperidine rings is 1. The Labute approximate surface area is 163 Å². The minimum Gasteiger partial charge on any atom is -0.505 e. The number of aryl methyl sites for hydroxylation is 1. The van der Waals surface area contributed by atoms with Crippen molar-refractivity contribution in [3.63, 3.8) is 0 Å². The van der Waals surface area contributed by atoms with Crippen LogP contribution in [-0.2, 0) is 6.42 Å². The van der Waals surface area contributed by atoms with Crippen molar-refractivity contribution in [3.8, 4) is 5.75 Å². The molecule has 2 aromatic carbocycles. The molecule has 0 radical (unpaired) electrons. The number of aromatic hydroxyl groups is 1. The average molecular weight is 378 g/mol. The van der Waals surface area contributed by atoms with Gasteiger partial charge in [0.1, 0.15) is 11.3 Å². The fourth-order valence-corrected chi connectivity index (χ4v) is 3.98. The van der Waals surface area contributed by atoms with Crippen LogP contribution in [0.2, 0.25) is 0 Å². The summed E-state index contributed by atoms with van der Waals surface area (Å²) in [5.41, 5.74) is 1.88. The first kappa shape index (κ1) is 18.4. The Morgan fingerprint density at radius 1 is 1.18 bits per heavy atom. The summed E-state index contributed by atoms with van der Waals surface area (Å²) in [6.45, 7) is 1.38. The van der Waals surface area contributed by atoms with Crippen molar-refractivity contribution in [2.75, 3.05) is 13.1 Å². The van der Waals surface area contributed by atoms with Crippen LogP contribution in [0.4, 0.5) is 4.39 Å². The number of phenolic OH excluding ortho intramolecular Hbond substituents is 1. The molecule has 0 aliphatic carbocycles. The maximum atomic E-state index is 13.0. The number of aromatic nitrogens is 1. The number of hydrogen-bond donors (Lipinski definition) is 1. The lowest BCUT2D eigenvalue weighted by Crippen LogP contribution is -2.40. The van der Waals surface area contributed by atoms with E-state index in [9.17, 15) is 14.3 Å². The number of pyridine rings is 1. The number of fused-ring (bicyclic) bond motifs is 1. The van der Waals surface area contributed by atoms with Gasteiger partial charge < -0.3 is 10.0 Å². The van der Waals surface area contributed by atoms with Gasteiger partial charge in [-0.3, -0.25) is 9.78 Å². The van der Waals surface area contributed by atoms with Crippen LogP contribution in [0.15, 0.2) is 54.7 Å². The number of rotatable bonds is 4. The molecule has 1 atom stereocenters. The zero-order valence-corrected chi connectivity index (χ0v) is 15.6.